The van der Waals surface area contributed by atoms with E-state index >= 15 is 0 Å². The van der Waals surface area contributed by atoms with Crippen LogP contribution in [0.3, 0.4) is 0 Å². The fourth-order valence-electron chi connectivity index (χ4n) is 10.8. The average Bonchev–Trinajstić information content (AvgIpc) is 3.92. The highest BCUT2D eigenvalue weighted by Crippen LogP contribution is 2.71. The molecule has 0 unspecified atom stereocenters. The van der Waals surface area contributed by atoms with Crippen molar-refractivity contribution in [2.45, 2.75) is 48.9 Å². The van der Waals surface area contributed by atoms with Crippen LogP contribution >= 0.6 is 13.1 Å². The first-order chi connectivity index (χ1) is 36.6. The molecule has 0 aliphatic carbocycles. The highest BCUT2D eigenvalue weighted by Gasteiger charge is 2.54. The lowest BCUT2D eigenvalue weighted by molar-refractivity contribution is -0.138. The van der Waals surface area contributed by atoms with Crippen LogP contribution in [0.1, 0.15) is 68.7 Å². The van der Waals surface area contributed by atoms with E-state index in [9.17, 15) is 52.7 Å². The van der Waals surface area contributed by atoms with Crippen LogP contribution in [0.2, 0.25) is 0 Å². The minimum absolute atomic E-state index is 0.108. The van der Waals surface area contributed by atoms with Gasteiger partial charge in [-0.25, -0.2) is 18.7 Å². The van der Waals surface area contributed by atoms with Crippen LogP contribution < -0.4 is 9.05 Å². The molecule has 0 amide bonds. The molecule has 2 saturated heterocycles. The molecule has 0 radical (unpaired) electrons. The third-order valence-electron chi connectivity index (χ3n) is 14.5. The quantitative estimate of drug-likeness (QED) is 0.104. The number of rotatable bonds is 9. The van der Waals surface area contributed by atoms with E-state index in [2.05, 4.69) is 0 Å². The fraction of sp³-hybridized carbons (Fsp3) is 0.214. The minimum Gasteiger partial charge on any atom is -0.440 e. The summed E-state index contributed by atoms with van der Waals surface area (Å²) in [6, 6.07) is 35.0. The molecule has 0 aromatic heterocycles. The summed E-state index contributed by atoms with van der Waals surface area (Å²) in [7, 11) is 6.23. The molecule has 10 rings (SSSR count). The number of hydrogen-bond donors (Lipinski definition) is 0. The number of fused-ring (bicyclic) bond motifs is 2. The van der Waals surface area contributed by atoms with Gasteiger partial charge >= 0.3 is 24.7 Å². The Hall–Kier alpha value is -5.82. The average molecular weight is 1160 g/mol. The van der Waals surface area contributed by atoms with Crippen molar-refractivity contribution in [2.75, 3.05) is 28.2 Å². The molecule has 0 N–H and O–H groups in total. The summed E-state index contributed by atoms with van der Waals surface area (Å²) in [5.41, 5.74) is -2.72. The molecule has 0 saturated carbocycles. The van der Waals surface area contributed by atoms with Gasteiger partial charge in [0.15, 0.2) is 0 Å². The smallest absolute Gasteiger partial charge is 0.416 e. The van der Waals surface area contributed by atoms with Crippen molar-refractivity contribution in [1.82, 2.24) is 18.7 Å². The Kier molecular flexibility index (Phi) is 14.3. The van der Waals surface area contributed by atoms with Gasteiger partial charge in [0, 0.05) is 11.1 Å². The first-order valence-electron chi connectivity index (χ1n) is 23.9. The molecule has 78 heavy (non-hydrogen) atoms. The molecular weight excluding hydrogens is 1110 g/mol. The van der Waals surface area contributed by atoms with Gasteiger partial charge in [-0.1, -0.05) is 109 Å². The number of nitrogens with zero attached hydrogens (tertiary/aromatic N) is 4. The molecule has 2 fully saturated rings. The molecule has 2 aliphatic heterocycles. The molecule has 2 aliphatic rings. The first-order valence-corrected chi connectivity index (χ1v) is 29.1. The summed E-state index contributed by atoms with van der Waals surface area (Å²) in [6.45, 7) is -7.60. The van der Waals surface area contributed by atoms with Crippen LogP contribution in [0, 0.1) is 0 Å². The maximum atomic E-state index is 14.4. The number of hydrogen-bond acceptors (Lipinski definition) is 4. The lowest BCUT2D eigenvalue weighted by Crippen LogP contribution is -2.22. The molecule has 0 bridgehead atoms. The third kappa shape index (κ3) is 9.90. The van der Waals surface area contributed by atoms with E-state index in [1.165, 1.54) is 48.5 Å². The van der Waals surface area contributed by atoms with Gasteiger partial charge in [0.2, 0.25) is 0 Å². The minimum atomic E-state index is -4.77. The van der Waals surface area contributed by atoms with Crippen molar-refractivity contribution in [3.63, 3.8) is 0 Å². The lowest BCUT2D eigenvalue weighted by atomic mass is 9.91. The van der Waals surface area contributed by atoms with E-state index in [0.29, 0.717) is 32.7 Å². The zero-order chi connectivity index (χ0) is 56.1. The predicted molar refractivity (Wildman–Crippen MR) is 285 cm³/mol. The zero-order valence-corrected chi connectivity index (χ0v) is 44.7. The molecule has 0 spiro atoms. The topological polar surface area (TPSA) is 31.4 Å². The SMILES string of the molecule is CN1[C@@H](c2cccc(C(F)(F)F)c2)[C@H](c2cccc(C(F)(F)F)c2)N(C)P1(=S)Oc1ccc2ccccc2c1-c1c(OP2(=S)N(C)[C@@H](c3cccc(C(F)(F)F)c3)[C@H](c3cccc(C(F)(F)F)c3)N2C)ccc2ccccc12. The Balaban J connectivity index is 1.16. The van der Waals surface area contributed by atoms with E-state index in [0.717, 1.165) is 48.5 Å². The van der Waals surface area contributed by atoms with E-state index < -0.39 is 84.3 Å². The second-order valence-corrected chi connectivity index (χ2v) is 26.8. The molecule has 4 atom stereocenters. The summed E-state index contributed by atoms with van der Waals surface area (Å²) in [5, 5.41) is 2.55. The molecule has 22 heteroatoms. The fourth-order valence-corrected chi connectivity index (χ4v) is 17.0. The monoisotopic (exact) mass is 1160 g/mol. The second-order valence-electron chi connectivity index (χ2n) is 19.1. The van der Waals surface area contributed by atoms with Gasteiger partial charge < -0.3 is 9.05 Å². The largest absolute Gasteiger partial charge is 0.440 e. The van der Waals surface area contributed by atoms with Crippen LogP contribution in [-0.2, 0) is 48.3 Å². The summed E-state index contributed by atoms with van der Waals surface area (Å²) in [4.78, 5) is 0. The van der Waals surface area contributed by atoms with Crippen molar-refractivity contribution >= 4 is 58.3 Å². The summed E-state index contributed by atoms with van der Waals surface area (Å²) < 4.78 is 193. The van der Waals surface area contributed by atoms with Crippen LogP contribution in [0.15, 0.2) is 170 Å². The second kappa shape index (κ2) is 20.1. The summed E-state index contributed by atoms with van der Waals surface area (Å²) in [6.07, 6.45) is -19.1. The number of likely N-dealkylation sites (N-methyl/N-ethyl adjacent to an activating group) is 4. The zero-order valence-electron chi connectivity index (χ0n) is 41.3. The molecular formula is C56H44F12N4O2P2S2. The third-order valence-corrected chi connectivity index (χ3v) is 23.1. The normalized spacial score (nSPS) is 20.7. The van der Waals surface area contributed by atoms with Gasteiger partial charge in [-0.05, 0) is 156 Å². The van der Waals surface area contributed by atoms with Gasteiger partial charge in [0.1, 0.15) is 11.5 Å². The van der Waals surface area contributed by atoms with Gasteiger partial charge in [-0.15, -0.1) is 0 Å². The van der Waals surface area contributed by atoms with Crippen LogP contribution in [0.25, 0.3) is 32.7 Å². The van der Waals surface area contributed by atoms with Gasteiger partial charge in [0.05, 0.1) is 46.4 Å². The Morgan fingerprint density at radius 1 is 0.346 bits per heavy atom. The maximum Gasteiger partial charge on any atom is 0.416 e. The molecule has 6 nitrogen and oxygen atoms in total. The van der Waals surface area contributed by atoms with Crippen LogP contribution in [0.5, 0.6) is 11.5 Å². The molecule has 406 valence electrons. The van der Waals surface area contributed by atoms with Crippen molar-refractivity contribution in [2.24, 2.45) is 0 Å². The van der Waals surface area contributed by atoms with Gasteiger partial charge in [-0.2, -0.15) is 52.7 Å². The van der Waals surface area contributed by atoms with Crippen molar-refractivity contribution in [3.8, 4) is 22.6 Å². The molecule has 8 aromatic carbocycles. The summed E-state index contributed by atoms with van der Waals surface area (Å²) >= 11 is 13.1. The highest BCUT2D eigenvalue weighted by atomic mass is 32.5. The van der Waals surface area contributed by atoms with Crippen molar-refractivity contribution in [3.05, 3.63) is 214 Å². The number of alkyl halides is 12. The van der Waals surface area contributed by atoms with E-state index in [1.54, 1.807) is 95.4 Å². The van der Waals surface area contributed by atoms with E-state index in [-0.39, 0.29) is 33.8 Å². The Morgan fingerprint density at radius 2 is 0.603 bits per heavy atom. The Morgan fingerprint density at radius 3 is 0.859 bits per heavy atom. The van der Waals surface area contributed by atoms with Crippen molar-refractivity contribution < 1.29 is 61.7 Å². The number of benzene rings is 8. The lowest BCUT2D eigenvalue weighted by Gasteiger charge is -2.33. The molecule has 8 aromatic rings. The Labute approximate surface area is 450 Å². The van der Waals surface area contributed by atoms with E-state index in [4.69, 9.17) is 32.7 Å². The first kappa shape index (κ1) is 55.5. The van der Waals surface area contributed by atoms with Crippen molar-refractivity contribution in [1.29, 1.82) is 0 Å². The highest BCUT2D eigenvalue weighted by molar-refractivity contribution is 8.10. The summed E-state index contributed by atoms with van der Waals surface area (Å²) in [5.74, 6) is 0.274. The predicted octanol–water partition coefficient (Wildman–Crippen LogP) is 17.7. The molecule has 2 heterocycles. The van der Waals surface area contributed by atoms with Crippen LogP contribution in [0.4, 0.5) is 52.7 Å². The number of halogens is 12. The van der Waals surface area contributed by atoms with Crippen LogP contribution in [-0.4, -0.2) is 46.9 Å². The maximum absolute atomic E-state index is 14.4. The van der Waals surface area contributed by atoms with Gasteiger partial charge in [-0.3, -0.25) is 0 Å². The standard InChI is InChI=1S/C56H44F12N4O2P2S2/c1-69-49(35-15-9-19-39(29-35)53(57,58)59)50(36-16-10-20-40(30-36)54(60,61)62)70(2)75(69,77)73-45-27-25-33-13-5-7-23-43(33)47(45)48-44-24-8-6-14-34(44)26-28-46(48)74-76(78)71(3)51(37-17-11-21-41(31-37)55(63,64)65)52(72(76)4)38-18-12-22-42(32-38)56(66,67)68/h5-32,49-52H,1-4H3/t49-,50-,51-,52-/m0/s1. The Bertz CT molecular complexity index is 3340. The van der Waals surface area contributed by atoms with E-state index in [1.807, 2.05) is 24.3 Å². The van der Waals surface area contributed by atoms with Gasteiger partial charge in [0.25, 0.3) is 13.1 Å².